The van der Waals surface area contributed by atoms with Gasteiger partial charge in [-0.05, 0) is 90.4 Å². The number of likely N-dealkylation sites (tertiary alicyclic amines) is 2. The quantitative estimate of drug-likeness (QED) is 0.342. The number of carbonyl (C=O) groups is 1. The zero-order chi connectivity index (χ0) is 26.7. The predicted octanol–water partition coefficient (Wildman–Crippen LogP) is 4.21. The second kappa shape index (κ2) is 15.1. The summed E-state index contributed by atoms with van der Waals surface area (Å²) in [6, 6.07) is 1.77. The van der Waals surface area contributed by atoms with Gasteiger partial charge in [-0.25, -0.2) is 9.97 Å². The number of amides is 1. The molecule has 3 aliphatic rings. The summed E-state index contributed by atoms with van der Waals surface area (Å²) in [4.78, 5) is 29.0. The molecule has 3 aliphatic heterocycles. The smallest absolute Gasteiger partial charge is 0.245 e. The van der Waals surface area contributed by atoms with Crippen molar-refractivity contribution in [2.75, 3.05) is 57.4 Å². The number of piperazine rings is 1. The molecule has 2 atom stereocenters. The summed E-state index contributed by atoms with van der Waals surface area (Å²) >= 11 is 0. The Kier molecular flexibility index (Phi) is 11.6. The van der Waals surface area contributed by atoms with Crippen molar-refractivity contribution in [1.29, 1.82) is 0 Å². The maximum absolute atomic E-state index is 11.5. The summed E-state index contributed by atoms with van der Waals surface area (Å²) in [6.07, 6.45) is 16.6. The minimum Gasteiger partial charge on any atom is -0.372 e. The first kappa shape index (κ1) is 29.2. The van der Waals surface area contributed by atoms with Crippen LogP contribution in [-0.2, 0) is 9.53 Å². The maximum Gasteiger partial charge on any atom is 0.245 e. The van der Waals surface area contributed by atoms with Crippen LogP contribution < -0.4 is 10.2 Å². The van der Waals surface area contributed by atoms with E-state index in [9.17, 15) is 4.79 Å². The highest BCUT2D eigenvalue weighted by molar-refractivity contribution is 5.77. The van der Waals surface area contributed by atoms with Crippen molar-refractivity contribution in [2.45, 2.75) is 109 Å². The summed E-state index contributed by atoms with van der Waals surface area (Å²) in [5.41, 5.74) is 1.33. The molecule has 3 fully saturated rings. The van der Waals surface area contributed by atoms with Gasteiger partial charge in [-0.3, -0.25) is 9.69 Å². The minimum absolute atomic E-state index is 0.00245. The van der Waals surface area contributed by atoms with Crippen molar-refractivity contribution in [3.8, 4) is 0 Å². The van der Waals surface area contributed by atoms with E-state index in [1.165, 1.54) is 83.0 Å². The Morgan fingerprint density at radius 3 is 2.24 bits per heavy atom. The molecule has 0 saturated carbocycles. The number of piperidine rings is 1. The number of nitrogens with zero attached hydrogens (tertiary/aromatic N) is 5. The van der Waals surface area contributed by atoms with Gasteiger partial charge in [-0.2, -0.15) is 0 Å². The average Bonchev–Trinajstić information content (AvgIpc) is 3.19. The van der Waals surface area contributed by atoms with Gasteiger partial charge in [0.05, 0.1) is 0 Å². The van der Waals surface area contributed by atoms with Gasteiger partial charge >= 0.3 is 0 Å². The molecule has 38 heavy (non-hydrogen) atoms. The topological polar surface area (TPSA) is 73.8 Å². The summed E-state index contributed by atoms with van der Waals surface area (Å²) < 4.78 is 5.11. The summed E-state index contributed by atoms with van der Waals surface area (Å²) in [5.74, 6) is 1.56. The number of unbranched alkanes of at least 4 members (excludes halogenated alkanes) is 5. The van der Waals surface area contributed by atoms with Crippen LogP contribution in [0, 0.1) is 0 Å². The van der Waals surface area contributed by atoms with Gasteiger partial charge in [-0.15, -0.1) is 0 Å². The van der Waals surface area contributed by atoms with Crippen molar-refractivity contribution in [1.82, 2.24) is 25.1 Å². The molecule has 1 aromatic heterocycles. The van der Waals surface area contributed by atoms with Gasteiger partial charge in [0.25, 0.3) is 0 Å². The van der Waals surface area contributed by atoms with E-state index in [1.807, 2.05) is 6.92 Å². The third-order valence-electron chi connectivity index (χ3n) is 8.85. The normalized spacial score (nSPS) is 22.9. The second-order valence-corrected chi connectivity index (χ2v) is 11.9. The molecule has 8 nitrogen and oxygen atoms in total. The van der Waals surface area contributed by atoms with E-state index in [0.717, 1.165) is 32.0 Å². The van der Waals surface area contributed by atoms with E-state index in [1.54, 1.807) is 0 Å². The van der Waals surface area contributed by atoms with Crippen molar-refractivity contribution in [3.05, 3.63) is 18.0 Å². The fraction of sp³-hybridized carbons (Fsp3) is 0.833. The Bertz CT molecular complexity index is 813. The lowest BCUT2D eigenvalue weighted by Crippen LogP contribution is -2.56. The predicted molar refractivity (Wildman–Crippen MR) is 154 cm³/mol. The number of rotatable bonds is 15. The fourth-order valence-corrected chi connectivity index (χ4v) is 6.49. The third kappa shape index (κ3) is 8.36. The van der Waals surface area contributed by atoms with Crippen LogP contribution in [0.2, 0.25) is 0 Å². The molecule has 1 amide bonds. The molecule has 2 unspecified atom stereocenters. The molecule has 214 valence electrons. The lowest BCUT2D eigenvalue weighted by Gasteiger charge is -2.42. The first-order chi connectivity index (χ1) is 18.5. The Balaban J connectivity index is 1.06. The van der Waals surface area contributed by atoms with E-state index in [0.29, 0.717) is 30.7 Å². The number of hydrogen-bond acceptors (Lipinski definition) is 7. The lowest BCUT2D eigenvalue weighted by atomic mass is 9.91. The maximum atomic E-state index is 11.5. The van der Waals surface area contributed by atoms with Crippen LogP contribution in [0.4, 0.5) is 5.95 Å². The Hall–Kier alpha value is -1.77. The Morgan fingerprint density at radius 1 is 0.974 bits per heavy atom. The van der Waals surface area contributed by atoms with Crippen molar-refractivity contribution in [3.63, 3.8) is 0 Å². The standard InChI is InChI=1S/C30H52N6O2/c1-4-38-23-29(37)31-15-9-7-5-6-8-10-16-34-17-13-25(14-18-34)26-19-32-30(33-20-26)36-27-11-12-28(36)22-35(21-27)24(2)3/h19-20,24-25,27-28H,4-18,21-23H2,1-3H3,(H,31,37). The van der Waals surface area contributed by atoms with E-state index >= 15 is 0 Å². The van der Waals surface area contributed by atoms with Gasteiger partial charge in [0.2, 0.25) is 11.9 Å². The Labute approximate surface area is 230 Å². The summed E-state index contributed by atoms with van der Waals surface area (Å²) in [5, 5.41) is 2.92. The largest absolute Gasteiger partial charge is 0.372 e. The van der Waals surface area contributed by atoms with Crippen LogP contribution in [0.5, 0.6) is 0 Å². The van der Waals surface area contributed by atoms with Gasteiger partial charge < -0.3 is 19.9 Å². The number of fused-ring (bicyclic) bond motifs is 2. The van der Waals surface area contributed by atoms with Crippen LogP contribution in [0.3, 0.4) is 0 Å². The lowest BCUT2D eigenvalue weighted by molar-refractivity contribution is -0.125. The number of ether oxygens (including phenoxy) is 1. The van der Waals surface area contributed by atoms with Crippen LogP contribution in [0.25, 0.3) is 0 Å². The van der Waals surface area contributed by atoms with E-state index in [4.69, 9.17) is 14.7 Å². The fourth-order valence-electron chi connectivity index (χ4n) is 6.49. The summed E-state index contributed by atoms with van der Waals surface area (Å²) in [6.45, 7) is 14.0. The van der Waals surface area contributed by atoms with E-state index < -0.39 is 0 Å². The number of aromatic nitrogens is 2. The molecule has 1 aromatic rings. The average molecular weight is 529 g/mol. The zero-order valence-electron chi connectivity index (χ0n) is 24.2. The molecular weight excluding hydrogens is 476 g/mol. The van der Waals surface area contributed by atoms with Crippen molar-refractivity contribution >= 4 is 11.9 Å². The molecule has 0 aromatic carbocycles. The Morgan fingerprint density at radius 2 is 1.61 bits per heavy atom. The van der Waals surface area contributed by atoms with Crippen LogP contribution in [0.15, 0.2) is 12.4 Å². The molecule has 0 radical (unpaired) electrons. The van der Waals surface area contributed by atoms with Crippen LogP contribution >= 0.6 is 0 Å². The van der Waals surface area contributed by atoms with Crippen LogP contribution in [0.1, 0.15) is 96.5 Å². The highest BCUT2D eigenvalue weighted by atomic mass is 16.5. The van der Waals surface area contributed by atoms with Gasteiger partial charge in [-0.1, -0.05) is 25.7 Å². The first-order valence-corrected chi connectivity index (χ1v) is 15.5. The van der Waals surface area contributed by atoms with Crippen molar-refractivity contribution in [2.24, 2.45) is 0 Å². The van der Waals surface area contributed by atoms with Gasteiger partial charge in [0.15, 0.2) is 0 Å². The number of hydrogen-bond donors (Lipinski definition) is 1. The SMILES string of the molecule is CCOCC(=O)NCCCCCCCCN1CCC(c2cnc(N3C4CCC3CN(C(C)C)C4)nc2)CC1. The molecular formula is C30H52N6O2. The van der Waals surface area contributed by atoms with Crippen molar-refractivity contribution < 1.29 is 9.53 Å². The monoisotopic (exact) mass is 528 g/mol. The first-order valence-electron chi connectivity index (χ1n) is 15.5. The molecule has 3 saturated heterocycles. The minimum atomic E-state index is 0.00245. The van der Waals surface area contributed by atoms with Gasteiger partial charge in [0, 0.05) is 56.8 Å². The molecule has 0 spiro atoms. The summed E-state index contributed by atoms with van der Waals surface area (Å²) in [7, 11) is 0. The number of nitrogens with one attached hydrogen (secondary N) is 1. The van der Waals surface area contributed by atoms with Gasteiger partial charge in [0.1, 0.15) is 6.61 Å². The van der Waals surface area contributed by atoms with Crippen LogP contribution in [-0.4, -0.2) is 96.3 Å². The molecule has 2 bridgehead atoms. The van der Waals surface area contributed by atoms with E-state index in [-0.39, 0.29) is 12.5 Å². The second-order valence-electron chi connectivity index (χ2n) is 11.9. The number of anilines is 1. The number of carbonyl (C=O) groups excluding carboxylic acids is 1. The van der Waals surface area contributed by atoms with E-state index in [2.05, 4.69) is 46.3 Å². The zero-order valence-corrected chi connectivity index (χ0v) is 24.2. The highest BCUT2D eigenvalue weighted by Gasteiger charge is 2.41. The molecule has 8 heteroatoms. The molecule has 4 heterocycles. The molecule has 1 N–H and O–H groups in total. The highest BCUT2D eigenvalue weighted by Crippen LogP contribution is 2.34. The molecule has 0 aliphatic carbocycles. The molecule has 4 rings (SSSR count). The third-order valence-corrected chi connectivity index (χ3v) is 8.85.